The van der Waals surface area contributed by atoms with E-state index >= 15 is 0 Å². The lowest BCUT2D eigenvalue weighted by Gasteiger charge is -2.09. The number of nitrogens with one attached hydrogen (secondary N) is 2. The maximum atomic E-state index is 12.3. The molecule has 1 saturated carbocycles. The molecule has 0 saturated heterocycles. The largest absolute Gasteiger partial charge is 0.326 e. The number of para-hydroxylation sites is 1. The molecule has 2 atom stereocenters. The number of nitrogens with zero attached hydrogens (tertiary/aromatic N) is 5. The third kappa shape index (κ3) is 7.01. The third-order valence-electron chi connectivity index (χ3n) is 6.32. The highest BCUT2D eigenvalue weighted by molar-refractivity contribution is 7.15. The van der Waals surface area contributed by atoms with Crippen LogP contribution in [-0.2, 0) is 28.9 Å². The van der Waals surface area contributed by atoms with Crippen molar-refractivity contribution in [3.05, 3.63) is 88.9 Å². The van der Waals surface area contributed by atoms with E-state index in [4.69, 9.17) is 0 Å². The molecule has 2 N–H and O–H groups in total. The molecule has 1 aliphatic rings. The van der Waals surface area contributed by atoms with Gasteiger partial charge in [-0.1, -0.05) is 35.6 Å². The maximum Gasteiger partial charge on any atom is 0.232 e. The minimum absolute atomic E-state index is 0.115. The summed E-state index contributed by atoms with van der Waals surface area (Å²) in [7, 11) is 0. The van der Waals surface area contributed by atoms with Gasteiger partial charge in [-0.15, -0.1) is 10.2 Å². The van der Waals surface area contributed by atoms with Crippen molar-refractivity contribution in [1.82, 2.24) is 25.4 Å². The van der Waals surface area contributed by atoms with Crippen LogP contribution < -0.4 is 10.6 Å². The summed E-state index contributed by atoms with van der Waals surface area (Å²) in [5, 5.41) is 24.3. The molecule has 1 aliphatic carbocycles. The van der Waals surface area contributed by atoms with Crippen molar-refractivity contribution in [1.29, 1.82) is 0 Å². The van der Waals surface area contributed by atoms with Gasteiger partial charge in [-0.2, -0.15) is 10.2 Å². The fourth-order valence-corrected chi connectivity index (χ4v) is 5.45. The molecule has 3 aromatic heterocycles. The second kappa shape index (κ2) is 11.8. The normalized spacial score (nSPS) is 16.9. The summed E-state index contributed by atoms with van der Waals surface area (Å²) in [6.07, 6.45) is 6.02. The van der Waals surface area contributed by atoms with Crippen molar-refractivity contribution in [2.75, 3.05) is 10.6 Å². The zero-order valence-corrected chi connectivity index (χ0v) is 21.0. The number of amides is 2. The van der Waals surface area contributed by atoms with E-state index in [9.17, 15) is 9.59 Å². The fraction of sp³-hybridized carbons (Fsp3) is 0.296. The van der Waals surface area contributed by atoms with Crippen LogP contribution in [0.3, 0.4) is 0 Å². The zero-order chi connectivity index (χ0) is 25.5. The topological polar surface area (TPSA) is 123 Å². The Morgan fingerprint density at radius 1 is 0.784 bits per heavy atom. The van der Waals surface area contributed by atoms with Crippen molar-refractivity contribution in [2.45, 2.75) is 44.4 Å². The van der Waals surface area contributed by atoms with Crippen molar-refractivity contribution in [3.8, 4) is 0 Å². The van der Waals surface area contributed by atoms with Gasteiger partial charge in [-0.25, -0.2) is 0 Å². The lowest BCUT2D eigenvalue weighted by atomic mass is 10.00. The first-order valence-electron chi connectivity index (χ1n) is 12.3. The molecule has 5 rings (SSSR count). The predicted octanol–water partition coefficient (Wildman–Crippen LogP) is 4.21. The zero-order valence-electron chi connectivity index (χ0n) is 20.2. The summed E-state index contributed by atoms with van der Waals surface area (Å²) in [5.41, 5.74) is 3.06. The quantitative estimate of drug-likeness (QED) is 0.344. The van der Waals surface area contributed by atoms with Gasteiger partial charge in [0.25, 0.3) is 0 Å². The fourth-order valence-electron chi connectivity index (χ4n) is 4.54. The molecule has 188 valence electrons. The molecule has 9 nitrogen and oxygen atoms in total. The Morgan fingerprint density at radius 3 is 2.32 bits per heavy atom. The number of benzene rings is 1. The number of carbonyl (C=O) groups is 2. The Balaban J connectivity index is 1.08. The average molecular weight is 514 g/mol. The Bertz CT molecular complexity index is 1330. The Kier molecular flexibility index (Phi) is 7.85. The van der Waals surface area contributed by atoms with Gasteiger partial charge in [0.15, 0.2) is 0 Å². The second-order valence-corrected chi connectivity index (χ2v) is 10.2. The molecule has 3 heterocycles. The molecule has 1 aromatic carbocycles. The summed E-state index contributed by atoms with van der Waals surface area (Å²) in [4.78, 5) is 28.7. The first-order chi connectivity index (χ1) is 18.1. The van der Waals surface area contributed by atoms with Gasteiger partial charge in [-0.3, -0.25) is 14.6 Å². The van der Waals surface area contributed by atoms with Crippen LogP contribution in [0, 0.1) is 5.92 Å². The van der Waals surface area contributed by atoms with Gasteiger partial charge in [-0.05, 0) is 68.0 Å². The predicted molar refractivity (Wildman–Crippen MR) is 141 cm³/mol. The molecule has 0 aliphatic heterocycles. The van der Waals surface area contributed by atoms with Crippen molar-refractivity contribution in [2.24, 2.45) is 5.92 Å². The monoisotopic (exact) mass is 513 g/mol. The number of hydrogen-bond donors (Lipinski definition) is 2. The van der Waals surface area contributed by atoms with E-state index in [0.29, 0.717) is 22.7 Å². The van der Waals surface area contributed by atoms with Crippen LogP contribution in [0.2, 0.25) is 0 Å². The van der Waals surface area contributed by atoms with Crippen molar-refractivity contribution in [3.63, 3.8) is 0 Å². The van der Waals surface area contributed by atoms with Crippen LogP contribution >= 0.6 is 11.3 Å². The van der Waals surface area contributed by atoms with E-state index in [1.807, 2.05) is 60.7 Å². The van der Waals surface area contributed by atoms with E-state index in [-0.39, 0.29) is 24.7 Å². The van der Waals surface area contributed by atoms with Crippen LogP contribution in [0.15, 0.2) is 66.9 Å². The van der Waals surface area contributed by atoms with Gasteiger partial charge in [0.1, 0.15) is 5.01 Å². The van der Waals surface area contributed by atoms with Gasteiger partial charge in [0, 0.05) is 23.5 Å². The second-order valence-electron chi connectivity index (χ2n) is 9.18. The van der Waals surface area contributed by atoms with Crippen molar-refractivity contribution >= 4 is 34.0 Å². The van der Waals surface area contributed by atoms with Crippen LogP contribution in [0.5, 0.6) is 0 Å². The first-order valence-corrected chi connectivity index (χ1v) is 13.1. The molecule has 0 bridgehead atoms. The van der Waals surface area contributed by atoms with Gasteiger partial charge < -0.3 is 10.6 Å². The van der Waals surface area contributed by atoms with Gasteiger partial charge in [0.05, 0.1) is 24.2 Å². The number of aromatic nitrogens is 5. The number of rotatable bonds is 9. The summed E-state index contributed by atoms with van der Waals surface area (Å²) in [5.74, 6) is 0.553. The van der Waals surface area contributed by atoms with Crippen LogP contribution in [-0.4, -0.2) is 37.2 Å². The molecular formula is C27H27N7O2S. The highest BCUT2D eigenvalue weighted by Crippen LogP contribution is 2.41. The van der Waals surface area contributed by atoms with E-state index in [0.717, 1.165) is 47.8 Å². The average Bonchev–Trinajstić information content (AvgIpc) is 3.56. The number of pyridine rings is 1. The van der Waals surface area contributed by atoms with Gasteiger partial charge >= 0.3 is 0 Å². The Labute approximate surface area is 218 Å². The summed E-state index contributed by atoms with van der Waals surface area (Å²) >= 11 is 1.45. The van der Waals surface area contributed by atoms with Crippen LogP contribution in [0.25, 0.3) is 0 Å². The molecule has 0 spiro atoms. The van der Waals surface area contributed by atoms with Crippen molar-refractivity contribution < 1.29 is 9.59 Å². The smallest absolute Gasteiger partial charge is 0.232 e. The number of hydrogen-bond acceptors (Lipinski definition) is 8. The van der Waals surface area contributed by atoms with Gasteiger partial charge in [0.2, 0.25) is 16.9 Å². The number of carbonyl (C=O) groups excluding carboxylic acids is 2. The highest BCUT2D eigenvalue weighted by Gasteiger charge is 2.29. The summed E-state index contributed by atoms with van der Waals surface area (Å²) in [6, 6.07) is 18.7. The standard InChI is InChI=1S/C27H27N7O2S/c35-24(29-20-6-2-1-3-7-20)17-23-12-11-22(31-32-23)15-18-9-10-19(14-18)26-33-34-27(37-26)30-25(36)16-21-8-4-5-13-28-21/h1-8,11-13,18-19H,9-10,14-17H2,(H,29,35)(H,30,34,36). The first kappa shape index (κ1) is 24.6. The lowest BCUT2D eigenvalue weighted by molar-refractivity contribution is -0.116. The summed E-state index contributed by atoms with van der Waals surface area (Å²) < 4.78 is 0. The molecule has 2 amide bonds. The Hall–Kier alpha value is -4.05. The Morgan fingerprint density at radius 2 is 1.54 bits per heavy atom. The molecule has 10 heteroatoms. The molecule has 37 heavy (non-hydrogen) atoms. The van der Waals surface area contributed by atoms with E-state index in [2.05, 4.69) is 36.0 Å². The summed E-state index contributed by atoms with van der Waals surface area (Å²) in [6.45, 7) is 0. The highest BCUT2D eigenvalue weighted by atomic mass is 32.1. The van der Waals surface area contributed by atoms with E-state index in [1.54, 1.807) is 6.20 Å². The minimum Gasteiger partial charge on any atom is -0.326 e. The third-order valence-corrected chi connectivity index (χ3v) is 7.32. The SMILES string of the molecule is O=C(Cc1ccc(CC2CCC(c3nnc(NC(=O)Cc4ccccn4)s3)C2)nn1)Nc1ccccc1. The van der Waals surface area contributed by atoms with E-state index < -0.39 is 0 Å². The van der Waals surface area contributed by atoms with E-state index in [1.165, 1.54) is 11.3 Å². The molecule has 1 fully saturated rings. The maximum absolute atomic E-state index is 12.3. The number of anilines is 2. The molecule has 2 unspecified atom stereocenters. The minimum atomic E-state index is -0.148. The lowest BCUT2D eigenvalue weighted by Crippen LogP contribution is -2.15. The molecular weight excluding hydrogens is 486 g/mol. The molecule has 0 radical (unpaired) electrons. The van der Waals surface area contributed by atoms with Crippen LogP contribution in [0.1, 0.15) is 47.3 Å². The van der Waals surface area contributed by atoms with Crippen LogP contribution in [0.4, 0.5) is 10.8 Å². The molecule has 4 aromatic rings.